The molecule has 5 nitrogen and oxygen atoms in total. The average molecular weight is 644 g/mol. The predicted molar refractivity (Wildman–Crippen MR) is 200 cm³/mol. The number of aromatic nitrogens is 2. The van der Waals surface area contributed by atoms with Crippen LogP contribution in [0.3, 0.4) is 0 Å². The van der Waals surface area contributed by atoms with Gasteiger partial charge in [-0.05, 0) is 78.8 Å². The van der Waals surface area contributed by atoms with Gasteiger partial charge in [0.2, 0.25) is 0 Å². The fraction of sp³-hybridized carbons (Fsp3) is 0.178. The number of fused-ring (bicyclic) bond motifs is 6. The van der Waals surface area contributed by atoms with E-state index in [9.17, 15) is 15.8 Å². The molecule has 2 aliphatic carbocycles. The van der Waals surface area contributed by atoms with Gasteiger partial charge in [0.15, 0.2) is 0 Å². The van der Waals surface area contributed by atoms with E-state index >= 15 is 0 Å². The van der Waals surface area contributed by atoms with Crippen LogP contribution in [-0.2, 0) is 6.42 Å². The molecule has 5 aromatic carbocycles. The van der Waals surface area contributed by atoms with Gasteiger partial charge >= 0.3 is 0 Å². The Kier molecular flexibility index (Phi) is 7.12. The highest BCUT2D eigenvalue weighted by Gasteiger charge is 2.39. The maximum atomic E-state index is 10.7. The Morgan fingerprint density at radius 3 is 2.04 bits per heavy atom. The first-order valence-corrected chi connectivity index (χ1v) is 17.4. The fourth-order valence-electron chi connectivity index (χ4n) is 8.95. The van der Waals surface area contributed by atoms with Crippen LogP contribution < -0.4 is 0 Å². The number of hydrogen-bond donors (Lipinski definition) is 0. The van der Waals surface area contributed by atoms with Gasteiger partial charge in [0.1, 0.15) is 6.07 Å². The van der Waals surface area contributed by atoms with Crippen molar-refractivity contribution in [2.75, 3.05) is 0 Å². The summed E-state index contributed by atoms with van der Waals surface area (Å²) in [6.07, 6.45) is 6.36. The molecule has 0 bridgehead atoms. The van der Waals surface area contributed by atoms with Crippen LogP contribution in [-0.4, -0.2) is 9.13 Å². The smallest absolute Gasteiger partial charge is 0.101 e. The van der Waals surface area contributed by atoms with Crippen LogP contribution in [0.5, 0.6) is 0 Å². The van der Waals surface area contributed by atoms with Crippen molar-refractivity contribution in [3.8, 4) is 35.0 Å². The van der Waals surface area contributed by atoms with E-state index < -0.39 is 0 Å². The Morgan fingerprint density at radius 2 is 1.32 bits per heavy atom. The first kappa shape index (κ1) is 29.8. The molecular weight excluding hydrogens is 611 g/mol. The monoisotopic (exact) mass is 643 g/mol. The summed E-state index contributed by atoms with van der Waals surface area (Å²) >= 11 is 0. The molecule has 50 heavy (non-hydrogen) atoms. The summed E-state index contributed by atoms with van der Waals surface area (Å²) < 4.78 is 4.71. The van der Waals surface area contributed by atoms with Gasteiger partial charge in [0.05, 0.1) is 46.4 Å². The van der Waals surface area contributed by atoms with Crippen molar-refractivity contribution in [1.82, 2.24) is 9.13 Å². The van der Waals surface area contributed by atoms with Crippen molar-refractivity contribution in [1.29, 1.82) is 15.8 Å². The summed E-state index contributed by atoms with van der Waals surface area (Å²) in [5.41, 5.74) is 11.3. The zero-order valence-corrected chi connectivity index (χ0v) is 27.6. The molecule has 0 amide bonds. The predicted octanol–water partition coefficient (Wildman–Crippen LogP) is 10.8. The van der Waals surface area contributed by atoms with Crippen LogP contribution in [0.15, 0.2) is 121 Å². The summed E-state index contributed by atoms with van der Waals surface area (Å²) in [6.45, 7) is 0. The molecule has 1 saturated carbocycles. The molecule has 0 saturated heterocycles. The van der Waals surface area contributed by atoms with Gasteiger partial charge in [0.25, 0.3) is 0 Å². The Morgan fingerprint density at radius 1 is 0.640 bits per heavy atom. The minimum atomic E-state index is -0.155. The standard InChI is InChI=1S/C45H33N5/c46-26-29-20-23-43-39(24-29)37-15-5-8-19-42(37)50(43)45-32(28-48)10-9-16-38(45)34-12-2-1-11-33(34)30-21-22-31(27-47)44(25-30)49-40-17-6-3-13-35(40)36-14-4-7-18-41(36)49/h1-8,11-15,17-19,21-22,24-25,32,38,45H,9-10,16,20,23H2/t32?,38?,45-/m0/s1. The molecule has 7 aromatic rings. The largest absolute Gasteiger partial charge is 0.339 e. The molecule has 2 heterocycles. The van der Waals surface area contributed by atoms with Crippen molar-refractivity contribution in [2.24, 2.45) is 5.92 Å². The van der Waals surface area contributed by atoms with E-state index in [1.807, 2.05) is 6.07 Å². The third kappa shape index (κ3) is 4.50. The highest BCUT2D eigenvalue weighted by atomic mass is 15.0. The number of benzene rings is 5. The molecule has 2 unspecified atom stereocenters. The maximum absolute atomic E-state index is 10.7. The zero-order valence-electron chi connectivity index (χ0n) is 27.6. The van der Waals surface area contributed by atoms with Crippen molar-refractivity contribution in [3.63, 3.8) is 0 Å². The number of nitriles is 3. The molecule has 0 N–H and O–H groups in total. The van der Waals surface area contributed by atoms with Crippen LogP contribution in [0.25, 0.3) is 55.6 Å². The lowest BCUT2D eigenvalue weighted by molar-refractivity contribution is 0.251. The minimum Gasteiger partial charge on any atom is -0.339 e. The van der Waals surface area contributed by atoms with E-state index in [1.165, 1.54) is 11.3 Å². The van der Waals surface area contributed by atoms with Crippen LogP contribution in [0.4, 0.5) is 0 Å². The molecule has 0 aliphatic heterocycles. The quantitative estimate of drug-likeness (QED) is 0.191. The second kappa shape index (κ2) is 12.0. The third-order valence-electron chi connectivity index (χ3n) is 11.1. The lowest BCUT2D eigenvalue weighted by atomic mass is 9.72. The topological polar surface area (TPSA) is 81.2 Å². The first-order valence-electron chi connectivity index (χ1n) is 17.4. The average Bonchev–Trinajstić information content (AvgIpc) is 3.69. The van der Waals surface area contributed by atoms with Crippen molar-refractivity contribution in [2.45, 2.75) is 44.1 Å². The Labute approximate surface area is 291 Å². The van der Waals surface area contributed by atoms with E-state index in [1.54, 1.807) is 0 Å². The second-order valence-electron chi connectivity index (χ2n) is 13.6. The SMILES string of the molecule is N#CC1=Cc2c(n([C@H]3C(C#N)CCCC3c3ccccc3-c3ccc(C#N)c(-n4c5ccccc5c5ccccc54)c3)c3ccccc23)CC1. The molecule has 0 radical (unpaired) electrons. The highest BCUT2D eigenvalue weighted by molar-refractivity contribution is 6.09. The first-order chi connectivity index (χ1) is 24.7. The highest BCUT2D eigenvalue weighted by Crippen LogP contribution is 2.50. The molecule has 9 rings (SSSR count). The summed E-state index contributed by atoms with van der Waals surface area (Å²) in [7, 11) is 0. The van der Waals surface area contributed by atoms with Gasteiger partial charge in [-0.1, -0.05) is 91.3 Å². The van der Waals surface area contributed by atoms with Gasteiger partial charge in [-0.2, -0.15) is 15.8 Å². The van der Waals surface area contributed by atoms with Gasteiger partial charge in [-0.15, -0.1) is 0 Å². The molecule has 2 aromatic heterocycles. The number of para-hydroxylation sites is 3. The van der Waals surface area contributed by atoms with Gasteiger partial charge in [-0.25, -0.2) is 0 Å². The van der Waals surface area contributed by atoms with Crippen LogP contribution in [0, 0.1) is 39.9 Å². The van der Waals surface area contributed by atoms with Crippen LogP contribution in [0.1, 0.15) is 60.0 Å². The lowest BCUT2D eigenvalue weighted by Crippen LogP contribution is -2.31. The summed E-state index contributed by atoms with van der Waals surface area (Å²) in [5.74, 6) is -0.0598. The van der Waals surface area contributed by atoms with Gasteiger partial charge < -0.3 is 9.13 Å². The molecule has 5 heteroatoms. The Balaban J connectivity index is 1.24. The van der Waals surface area contributed by atoms with E-state index in [0.29, 0.717) is 12.0 Å². The zero-order chi connectivity index (χ0) is 33.8. The minimum absolute atomic E-state index is 0.0595. The second-order valence-corrected chi connectivity index (χ2v) is 13.6. The molecular formula is C45H33N5. The third-order valence-corrected chi connectivity index (χ3v) is 11.1. The van der Waals surface area contributed by atoms with E-state index in [4.69, 9.17) is 0 Å². The normalized spacial score (nSPS) is 18.7. The molecule has 2 aliphatic rings. The van der Waals surface area contributed by atoms with Crippen LogP contribution >= 0.6 is 0 Å². The lowest BCUT2D eigenvalue weighted by Gasteiger charge is -2.39. The van der Waals surface area contributed by atoms with Gasteiger partial charge in [0, 0.05) is 44.4 Å². The van der Waals surface area contributed by atoms with E-state index in [0.717, 1.165) is 86.3 Å². The van der Waals surface area contributed by atoms with Crippen molar-refractivity contribution < 1.29 is 0 Å². The summed E-state index contributed by atoms with van der Waals surface area (Å²) in [6, 6.07) is 47.7. The summed E-state index contributed by atoms with van der Waals surface area (Å²) in [5, 5.41) is 34.3. The fourth-order valence-corrected chi connectivity index (χ4v) is 8.95. The van der Waals surface area contributed by atoms with Crippen molar-refractivity contribution in [3.05, 3.63) is 143 Å². The molecule has 1 fully saturated rings. The number of nitrogens with zero attached hydrogens (tertiary/aromatic N) is 5. The number of hydrogen-bond acceptors (Lipinski definition) is 3. The molecule has 238 valence electrons. The van der Waals surface area contributed by atoms with E-state index in [2.05, 4.69) is 143 Å². The number of allylic oxidation sites excluding steroid dienone is 1. The van der Waals surface area contributed by atoms with E-state index in [-0.39, 0.29) is 17.9 Å². The van der Waals surface area contributed by atoms with Gasteiger partial charge in [-0.3, -0.25) is 0 Å². The van der Waals surface area contributed by atoms with Crippen molar-refractivity contribution >= 4 is 38.8 Å². The number of rotatable bonds is 4. The Hall–Kier alpha value is -6.35. The molecule has 3 atom stereocenters. The maximum Gasteiger partial charge on any atom is 0.101 e. The summed E-state index contributed by atoms with van der Waals surface area (Å²) in [4.78, 5) is 0. The molecule has 0 spiro atoms. The Bertz CT molecular complexity index is 2590. The van der Waals surface area contributed by atoms with Crippen LogP contribution in [0.2, 0.25) is 0 Å².